The van der Waals surface area contributed by atoms with E-state index in [0.29, 0.717) is 0 Å². The van der Waals surface area contributed by atoms with Crippen molar-refractivity contribution < 1.29 is 42.8 Å². The summed E-state index contributed by atoms with van der Waals surface area (Å²) in [6, 6.07) is 15.6. The van der Waals surface area contributed by atoms with Crippen molar-refractivity contribution in [2.75, 3.05) is 0 Å². The molecule has 130 valence electrons. The third-order valence-corrected chi connectivity index (χ3v) is 9.67. The first kappa shape index (κ1) is 19.9. The molecule has 2 rings (SSSR count). The average Bonchev–Trinajstić information content (AvgIpc) is 2.48. The fraction of sp³-hybridized carbons (Fsp3) is 0. The second-order valence-electron chi connectivity index (χ2n) is 3.95. The van der Waals surface area contributed by atoms with Crippen LogP contribution in [0, 0.1) is 27.4 Å². The number of halogens is 1. The number of hydrogen-bond donors (Lipinski definition) is 1. The van der Waals surface area contributed by atoms with Gasteiger partial charge in [-0.25, -0.2) is 8.42 Å². The van der Waals surface area contributed by atoms with Gasteiger partial charge in [-0.1, -0.05) is 0 Å². The average molecular weight is 470 g/mol. The zero-order valence-corrected chi connectivity index (χ0v) is 14.7. The first-order chi connectivity index (χ1) is 11.1. The maximum absolute atomic E-state index is 11.5. The minimum absolute atomic E-state index is 0.204. The Balaban J connectivity index is 0.000000505. The van der Waals surface area contributed by atoms with Crippen molar-refractivity contribution in [3.8, 4) is 0 Å². The van der Waals surface area contributed by atoms with Crippen molar-refractivity contribution in [2.24, 2.45) is 0 Å². The number of rotatable bonds is 4. The van der Waals surface area contributed by atoms with Gasteiger partial charge in [-0.15, -0.1) is 0 Å². The molecule has 0 aromatic heterocycles. The Morgan fingerprint density at radius 1 is 0.792 bits per heavy atom. The van der Waals surface area contributed by atoms with Crippen LogP contribution in [0.1, 0.15) is 0 Å². The Hall–Kier alpha value is -2.16. The van der Waals surface area contributed by atoms with Crippen molar-refractivity contribution in [1.82, 2.24) is 0 Å². The minimum atomic E-state index is -4.92. The molecule has 12 heteroatoms. The van der Waals surface area contributed by atoms with Gasteiger partial charge in [-0.2, -0.15) is 0 Å². The zero-order valence-electron chi connectivity index (χ0n) is 11.8. The van der Waals surface area contributed by atoms with Crippen LogP contribution >= 0.6 is 0 Å². The summed E-state index contributed by atoms with van der Waals surface area (Å²) in [5.74, 6) is 0. The molecule has 0 spiro atoms. The normalized spacial score (nSPS) is 11.8. The van der Waals surface area contributed by atoms with E-state index >= 15 is 0 Å². The van der Waals surface area contributed by atoms with Gasteiger partial charge in [-0.05, 0) is 0 Å². The van der Waals surface area contributed by atoms with Crippen molar-refractivity contribution in [3.63, 3.8) is 0 Å². The van der Waals surface area contributed by atoms with Gasteiger partial charge in [0.15, 0.2) is 0 Å². The van der Waals surface area contributed by atoms with E-state index in [0.717, 1.165) is 0 Å². The van der Waals surface area contributed by atoms with Gasteiger partial charge >= 0.3 is 113 Å². The molecular formula is C12H11IN2O8S. The summed E-state index contributed by atoms with van der Waals surface area (Å²) >= 11 is -4.79. The van der Waals surface area contributed by atoms with Crippen LogP contribution in [0.2, 0.25) is 0 Å². The molecule has 0 radical (unpaired) electrons. The molecule has 10 nitrogen and oxygen atoms in total. The molecule has 0 aliphatic carbocycles. The molecule has 0 saturated carbocycles. The first-order valence-electron chi connectivity index (χ1n) is 5.95. The topological polar surface area (TPSA) is 164 Å². The molecule has 0 amide bonds. The van der Waals surface area contributed by atoms with Crippen LogP contribution in [0.25, 0.3) is 0 Å². The Labute approximate surface area is 141 Å². The second kappa shape index (κ2) is 8.09. The maximum atomic E-state index is 11.5. The molecule has 0 aliphatic rings. The molecule has 0 saturated heterocycles. The monoisotopic (exact) mass is 470 g/mol. The van der Waals surface area contributed by atoms with Gasteiger partial charge in [0.1, 0.15) is 0 Å². The number of nitrogens with zero attached hydrogens (tertiary/aromatic N) is 2. The van der Waals surface area contributed by atoms with Crippen molar-refractivity contribution in [3.05, 3.63) is 88.0 Å². The molecule has 0 atom stereocenters. The molecule has 0 fully saturated rings. The van der Waals surface area contributed by atoms with E-state index in [9.17, 15) is 20.2 Å². The molecule has 1 N–H and O–H groups in total. The third-order valence-electron chi connectivity index (χ3n) is 2.47. The summed E-state index contributed by atoms with van der Waals surface area (Å²) in [4.78, 5) is 23.0. The van der Waals surface area contributed by atoms with Crippen molar-refractivity contribution in [2.45, 2.75) is 0 Å². The summed E-state index contributed by atoms with van der Waals surface area (Å²) in [6.07, 6.45) is 0. The Morgan fingerprint density at radius 3 is 1.25 bits per heavy atom. The summed E-state index contributed by atoms with van der Waals surface area (Å²) in [6.45, 7) is 0. The van der Waals surface area contributed by atoms with E-state index in [1.807, 2.05) is 0 Å². The van der Waals surface area contributed by atoms with E-state index in [2.05, 4.69) is 0 Å². The first-order valence-corrected chi connectivity index (χ1v) is 11.4. The van der Waals surface area contributed by atoms with Gasteiger partial charge in [0, 0.05) is 0 Å². The van der Waals surface area contributed by atoms with Crippen molar-refractivity contribution >= 4 is 10.4 Å². The molecule has 0 aliphatic heterocycles. The zero-order chi connectivity index (χ0) is 18.4. The molecule has 2 aromatic rings. The van der Waals surface area contributed by atoms with Gasteiger partial charge in [0.25, 0.3) is 0 Å². The van der Waals surface area contributed by atoms with Gasteiger partial charge in [-0.3, -0.25) is 4.55 Å². The van der Waals surface area contributed by atoms with Crippen LogP contribution in [0.15, 0.2) is 60.7 Å². The van der Waals surface area contributed by atoms with E-state index in [4.69, 9.17) is 17.5 Å². The molecule has 0 bridgehead atoms. The van der Waals surface area contributed by atoms with Gasteiger partial charge in [0.05, 0.1) is 0 Å². The Morgan fingerprint density at radius 2 is 1.04 bits per heavy atom. The molecule has 2 aromatic carbocycles. The number of hydrogen-bond acceptors (Lipinski definition) is 7. The van der Waals surface area contributed by atoms with Crippen LogP contribution in [-0.2, 0) is 10.4 Å². The predicted molar refractivity (Wildman–Crippen MR) is 76.6 cm³/mol. The van der Waals surface area contributed by atoms with Crippen molar-refractivity contribution in [1.29, 1.82) is 0 Å². The fourth-order valence-corrected chi connectivity index (χ4v) is 7.34. The van der Waals surface area contributed by atoms with Gasteiger partial charge < -0.3 is 4.55 Å². The SMILES string of the molecule is O=S(=O)([O-])O.O=[N+]([O-])[I+](c1ccccc1)(c1ccccc1)[N+](=O)[O-]. The summed E-state index contributed by atoms with van der Waals surface area (Å²) in [7, 11) is -4.92. The van der Waals surface area contributed by atoms with Crippen LogP contribution in [0.3, 0.4) is 0 Å². The van der Waals surface area contributed by atoms with E-state index in [1.54, 1.807) is 36.4 Å². The van der Waals surface area contributed by atoms with Crippen LogP contribution in [0.5, 0.6) is 0 Å². The predicted octanol–water partition coefficient (Wildman–Crippen LogP) is -1.73. The second-order valence-corrected chi connectivity index (χ2v) is 11.8. The van der Waals surface area contributed by atoms with E-state index < -0.39 is 35.7 Å². The fourth-order valence-electron chi connectivity index (χ4n) is 1.68. The molecular weight excluding hydrogens is 459 g/mol. The van der Waals surface area contributed by atoms with Crippen LogP contribution < -0.4 is 19.0 Å². The standard InChI is InChI=1S/C12H10IN2O4.H2O4S/c16-14(17)13(15(18)19,11-7-3-1-4-8-11)12-9-5-2-6-10-12;1-5(2,3)4/h1-10H;(H2,1,2,3,4)/q+1;/p-1. The summed E-state index contributed by atoms with van der Waals surface area (Å²) in [5.41, 5.74) is 0. The van der Waals surface area contributed by atoms with Gasteiger partial charge in [0.2, 0.25) is 10.4 Å². The molecule has 24 heavy (non-hydrogen) atoms. The summed E-state index contributed by atoms with van der Waals surface area (Å²) < 4.78 is 31.9. The quantitative estimate of drug-likeness (QED) is 0.138. The molecule has 0 unspecified atom stereocenters. The van der Waals surface area contributed by atoms with Crippen LogP contribution in [0.4, 0.5) is 0 Å². The molecule has 0 heterocycles. The van der Waals surface area contributed by atoms with Crippen LogP contribution in [-0.4, -0.2) is 23.8 Å². The Bertz CT molecular complexity index is 750. The van der Waals surface area contributed by atoms with E-state index in [1.165, 1.54) is 24.3 Å². The van der Waals surface area contributed by atoms with E-state index in [-0.39, 0.29) is 7.14 Å². The number of nitro groups is 2. The summed E-state index contributed by atoms with van der Waals surface area (Å²) in [5, 5.41) is 23.0. The third kappa shape index (κ3) is 4.92. The Kier molecular flexibility index (Phi) is 6.70. The number of benzene rings is 2.